The molecule has 41 heavy (non-hydrogen) atoms. The van der Waals surface area contributed by atoms with Crippen molar-refractivity contribution in [2.24, 2.45) is 0 Å². The second-order valence-corrected chi connectivity index (χ2v) is 9.62. The zero-order valence-corrected chi connectivity index (χ0v) is 21.4. The Bertz CT molecular complexity index is 2060. The van der Waals surface area contributed by atoms with Crippen molar-refractivity contribution >= 4 is 33.4 Å². The van der Waals surface area contributed by atoms with Crippen LogP contribution in [0.2, 0.25) is 0 Å². The SMILES string of the molecule is O=C(Nc1cncc(-c2cc3c(-c4cc5c(-c6cc(O)cc(F)c6)cccc5[nH]4)n[nH]c3cn2)c1)c1ccccc1. The predicted molar refractivity (Wildman–Crippen MR) is 156 cm³/mol. The molecule has 4 heterocycles. The van der Waals surface area contributed by atoms with E-state index >= 15 is 0 Å². The van der Waals surface area contributed by atoms with Gasteiger partial charge in [-0.25, -0.2) is 4.39 Å². The Kier molecular flexibility index (Phi) is 5.75. The minimum absolute atomic E-state index is 0.135. The number of rotatable bonds is 5. The van der Waals surface area contributed by atoms with Crippen LogP contribution in [0.25, 0.3) is 55.6 Å². The Morgan fingerprint density at radius 3 is 2.56 bits per heavy atom. The topological polar surface area (TPSA) is 120 Å². The normalized spacial score (nSPS) is 11.2. The molecule has 0 aliphatic carbocycles. The highest BCUT2D eigenvalue weighted by Gasteiger charge is 2.16. The lowest BCUT2D eigenvalue weighted by molar-refractivity contribution is 0.102. The summed E-state index contributed by atoms with van der Waals surface area (Å²) in [5.74, 6) is -0.870. The molecule has 0 spiro atoms. The number of H-pyrrole nitrogens is 2. The Morgan fingerprint density at radius 2 is 1.71 bits per heavy atom. The standard InChI is InChI=1S/C32H21FN6O2/c33-21-9-19(11-23(40)12-21)24-7-4-8-27-25(24)13-29(37-27)31-26-14-28(35-17-30(26)38-39-31)20-10-22(16-34-15-20)36-32(41)18-5-2-1-3-6-18/h1-17,37,40H,(H,36,41)(H,38,39). The second-order valence-electron chi connectivity index (χ2n) is 9.62. The molecule has 4 N–H and O–H groups in total. The minimum Gasteiger partial charge on any atom is -0.508 e. The van der Waals surface area contributed by atoms with Crippen LogP contribution in [0, 0.1) is 5.82 Å². The Hall–Kier alpha value is -5.83. The fourth-order valence-corrected chi connectivity index (χ4v) is 4.99. The minimum atomic E-state index is -0.510. The number of carbonyl (C=O) groups is 1. The van der Waals surface area contributed by atoms with Crippen molar-refractivity contribution in [3.63, 3.8) is 0 Å². The van der Waals surface area contributed by atoms with Crippen LogP contribution < -0.4 is 5.32 Å². The smallest absolute Gasteiger partial charge is 0.255 e. The first-order valence-electron chi connectivity index (χ1n) is 12.8. The molecule has 8 nitrogen and oxygen atoms in total. The van der Waals surface area contributed by atoms with Crippen LogP contribution in [0.5, 0.6) is 5.75 Å². The molecule has 0 unspecified atom stereocenters. The van der Waals surface area contributed by atoms with Crippen molar-refractivity contribution < 1.29 is 14.3 Å². The molecule has 0 fully saturated rings. The van der Waals surface area contributed by atoms with Crippen LogP contribution in [-0.4, -0.2) is 36.2 Å². The number of phenolic OH excluding ortho intramolecular Hbond substituents is 1. The number of pyridine rings is 2. The van der Waals surface area contributed by atoms with E-state index < -0.39 is 5.82 Å². The molecule has 7 aromatic rings. The van der Waals surface area contributed by atoms with Crippen molar-refractivity contribution in [3.05, 3.63) is 115 Å². The van der Waals surface area contributed by atoms with E-state index in [0.717, 1.165) is 44.7 Å². The molecule has 3 aromatic carbocycles. The van der Waals surface area contributed by atoms with Gasteiger partial charge in [0.25, 0.3) is 5.91 Å². The highest BCUT2D eigenvalue weighted by molar-refractivity contribution is 6.04. The lowest BCUT2D eigenvalue weighted by atomic mass is 10.0. The number of nitrogens with zero attached hydrogens (tertiary/aromatic N) is 3. The van der Waals surface area contributed by atoms with Gasteiger partial charge in [-0.1, -0.05) is 30.3 Å². The van der Waals surface area contributed by atoms with Crippen LogP contribution in [0.1, 0.15) is 10.4 Å². The highest BCUT2D eigenvalue weighted by atomic mass is 19.1. The summed E-state index contributed by atoms with van der Waals surface area (Å²) >= 11 is 0. The van der Waals surface area contributed by atoms with Crippen molar-refractivity contribution in [1.82, 2.24) is 25.1 Å². The van der Waals surface area contributed by atoms with Crippen molar-refractivity contribution in [2.75, 3.05) is 5.32 Å². The summed E-state index contributed by atoms with van der Waals surface area (Å²) in [6, 6.07) is 24.4. The Balaban J connectivity index is 1.25. The van der Waals surface area contributed by atoms with Crippen LogP contribution in [0.3, 0.4) is 0 Å². The van der Waals surface area contributed by atoms with E-state index in [1.54, 1.807) is 30.7 Å². The van der Waals surface area contributed by atoms with Gasteiger partial charge in [0.2, 0.25) is 0 Å². The van der Waals surface area contributed by atoms with E-state index in [1.165, 1.54) is 12.1 Å². The average Bonchev–Trinajstić information content (AvgIpc) is 3.61. The van der Waals surface area contributed by atoms with Gasteiger partial charge >= 0.3 is 0 Å². The third-order valence-electron chi connectivity index (χ3n) is 6.89. The number of aromatic amines is 2. The predicted octanol–water partition coefficient (Wildman–Crippen LogP) is 6.93. The molecule has 0 aliphatic heterocycles. The van der Waals surface area contributed by atoms with E-state index in [0.29, 0.717) is 28.2 Å². The number of fused-ring (bicyclic) bond motifs is 2. The fourth-order valence-electron chi connectivity index (χ4n) is 4.99. The van der Waals surface area contributed by atoms with Crippen molar-refractivity contribution in [2.45, 2.75) is 0 Å². The van der Waals surface area contributed by atoms with Gasteiger partial charge in [-0.05, 0) is 59.7 Å². The van der Waals surface area contributed by atoms with Crippen molar-refractivity contribution in [3.8, 4) is 39.5 Å². The maximum absolute atomic E-state index is 14.0. The van der Waals surface area contributed by atoms with E-state index in [1.807, 2.05) is 54.6 Å². The lowest BCUT2D eigenvalue weighted by Crippen LogP contribution is -2.11. The molecule has 9 heteroatoms. The number of hydrogen-bond donors (Lipinski definition) is 4. The quantitative estimate of drug-likeness (QED) is 0.189. The number of phenols is 1. The molecule has 0 saturated heterocycles. The molecule has 0 atom stereocenters. The highest BCUT2D eigenvalue weighted by Crippen LogP contribution is 2.36. The van der Waals surface area contributed by atoms with Gasteiger partial charge in [0.05, 0.1) is 35.0 Å². The van der Waals surface area contributed by atoms with Gasteiger partial charge < -0.3 is 15.4 Å². The van der Waals surface area contributed by atoms with E-state index in [9.17, 15) is 14.3 Å². The molecular weight excluding hydrogens is 519 g/mol. The van der Waals surface area contributed by atoms with Gasteiger partial charge in [0.15, 0.2) is 0 Å². The number of amides is 1. The lowest BCUT2D eigenvalue weighted by Gasteiger charge is -2.07. The molecular formula is C32H21FN6O2. The number of nitrogens with one attached hydrogen (secondary N) is 3. The molecule has 0 aliphatic rings. The summed E-state index contributed by atoms with van der Waals surface area (Å²) in [5, 5.41) is 22.1. The van der Waals surface area contributed by atoms with E-state index in [2.05, 4.69) is 30.5 Å². The number of hydrogen-bond acceptors (Lipinski definition) is 5. The molecule has 1 amide bonds. The largest absolute Gasteiger partial charge is 0.508 e. The maximum Gasteiger partial charge on any atom is 0.255 e. The summed E-state index contributed by atoms with van der Waals surface area (Å²) in [6.45, 7) is 0. The molecule has 7 rings (SSSR count). The van der Waals surface area contributed by atoms with Crippen LogP contribution in [-0.2, 0) is 0 Å². The third kappa shape index (κ3) is 4.55. The first-order valence-corrected chi connectivity index (χ1v) is 12.8. The number of halogens is 1. The van der Waals surface area contributed by atoms with Gasteiger partial charge in [-0.3, -0.25) is 19.9 Å². The van der Waals surface area contributed by atoms with Crippen LogP contribution in [0.15, 0.2) is 104 Å². The second kappa shape index (κ2) is 9.73. The number of anilines is 1. The molecule has 0 radical (unpaired) electrons. The van der Waals surface area contributed by atoms with Crippen LogP contribution >= 0.6 is 0 Å². The summed E-state index contributed by atoms with van der Waals surface area (Å²) < 4.78 is 14.0. The summed E-state index contributed by atoms with van der Waals surface area (Å²) in [5.41, 5.74) is 6.90. The number of carbonyl (C=O) groups excluding carboxylic acids is 1. The summed E-state index contributed by atoms with van der Waals surface area (Å²) in [7, 11) is 0. The van der Waals surface area contributed by atoms with Gasteiger partial charge in [-0.2, -0.15) is 5.10 Å². The number of aromatic hydroxyl groups is 1. The zero-order valence-electron chi connectivity index (χ0n) is 21.4. The first-order chi connectivity index (χ1) is 20.0. The van der Waals surface area contributed by atoms with E-state index in [-0.39, 0.29) is 11.7 Å². The average molecular weight is 541 g/mol. The molecule has 4 aromatic heterocycles. The summed E-state index contributed by atoms with van der Waals surface area (Å²) in [6.07, 6.45) is 4.99. The van der Waals surface area contributed by atoms with Gasteiger partial charge in [-0.15, -0.1) is 0 Å². The Labute approximate surface area is 232 Å². The summed E-state index contributed by atoms with van der Waals surface area (Å²) in [4.78, 5) is 24.9. The molecule has 198 valence electrons. The number of aromatic nitrogens is 5. The molecule has 0 saturated carbocycles. The number of benzene rings is 3. The van der Waals surface area contributed by atoms with Crippen LogP contribution in [0.4, 0.5) is 10.1 Å². The maximum atomic E-state index is 14.0. The monoisotopic (exact) mass is 540 g/mol. The third-order valence-corrected chi connectivity index (χ3v) is 6.89. The first kappa shape index (κ1) is 24.2. The molecule has 0 bridgehead atoms. The van der Waals surface area contributed by atoms with Gasteiger partial charge in [0, 0.05) is 39.7 Å². The Morgan fingerprint density at radius 1 is 0.829 bits per heavy atom. The zero-order chi connectivity index (χ0) is 27.9. The van der Waals surface area contributed by atoms with Crippen molar-refractivity contribution in [1.29, 1.82) is 0 Å². The van der Waals surface area contributed by atoms with Gasteiger partial charge in [0.1, 0.15) is 17.3 Å². The fraction of sp³-hybridized carbons (Fsp3) is 0. The van der Waals surface area contributed by atoms with E-state index in [4.69, 9.17) is 0 Å².